The molecule has 0 fully saturated rings. The van der Waals surface area contributed by atoms with Crippen LogP contribution in [0.2, 0.25) is 0 Å². The maximum absolute atomic E-state index is 12.4. The Labute approximate surface area is 192 Å². The molecule has 1 heterocycles. The van der Waals surface area contributed by atoms with Gasteiger partial charge in [-0.15, -0.1) is 0 Å². The number of anilines is 1. The van der Waals surface area contributed by atoms with E-state index in [-0.39, 0.29) is 5.91 Å². The molecule has 0 spiro atoms. The summed E-state index contributed by atoms with van der Waals surface area (Å²) in [5.74, 6) is 0.856. The van der Waals surface area contributed by atoms with Crippen molar-refractivity contribution in [1.29, 1.82) is 0 Å². The first-order chi connectivity index (χ1) is 16.1. The molecule has 0 aliphatic rings. The van der Waals surface area contributed by atoms with Gasteiger partial charge in [-0.05, 0) is 58.2 Å². The first kappa shape index (κ1) is 20.7. The zero-order valence-corrected chi connectivity index (χ0v) is 18.6. The van der Waals surface area contributed by atoms with Crippen LogP contribution in [0.25, 0.3) is 39.4 Å². The van der Waals surface area contributed by atoms with Crippen LogP contribution in [0.1, 0.15) is 30.9 Å². The number of rotatable bonds is 5. The Morgan fingerprint density at radius 3 is 2.55 bits per heavy atom. The summed E-state index contributed by atoms with van der Waals surface area (Å²) in [6.45, 7) is 4.32. The average Bonchev–Trinajstić information content (AvgIpc) is 3.26. The molecule has 0 bridgehead atoms. The number of fused-ring (bicyclic) bond motifs is 2. The Morgan fingerprint density at radius 2 is 1.73 bits per heavy atom. The van der Waals surface area contributed by atoms with E-state index in [2.05, 4.69) is 54.5 Å². The molecule has 1 N–H and O–H groups in total. The van der Waals surface area contributed by atoms with Crippen LogP contribution in [-0.4, -0.2) is 10.9 Å². The van der Waals surface area contributed by atoms with Gasteiger partial charge < -0.3 is 9.73 Å². The number of oxazole rings is 1. The number of nitrogens with one attached hydrogen (secondary N) is 1. The van der Waals surface area contributed by atoms with E-state index in [0.717, 1.165) is 21.9 Å². The van der Waals surface area contributed by atoms with Crippen molar-refractivity contribution in [3.05, 3.63) is 102 Å². The van der Waals surface area contributed by atoms with E-state index < -0.39 is 0 Å². The highest BCUT2D eigenvalue weighted by Gasteiger charge is 2.12. The molecule has 1 amide bonds. The molecule has 4 aromatic carbocycles. The van der Waals surface area contributed by atoms with Gasteiger partial charge in [0.15, 0.2) is 5.58 Å². The molecule has 0 saturated heterocycles. The topological polar surface area (TPSA) is 55.1 Å². The lowest BCUT2D eigenvalue weighted by Crippen LogP contribution is -2.07. The van der Waals surface area contributed by atoms with Gasteiger partial charge in [-0.1, -0.05) is 74.5 Å². The number of carbonyl (C=O) groups excluding carboxylic acids is 1. The van der Waals surface area contributed by atoms with E-state index >= 15 is 0 Å². The van der Waals surface area contributed by atoms with Crippen molar-refractivity contribution in [2.45, 2.75) is 19.8 Å². The third kappa shape index (κ3) is 4.41. The molecule has 4 heteroatoms. The summed E-state index contributed by atoms with van der Waals surface area (Å²) in [6, 6.07) is 28.0. The van der Waals surface area contributed by atoms with Crippen LogP contribution in [0.4, 0.5) is 5.69 Å². The molecule has 0 saturated carbocycles. The monoisotopic (exact) mass is 432 g/mol. The molecule has 5 rings (SSSR count). The summed E-state index contributed by atoms with van der Waals surface area (Å²) in [7, 11) is 0. The van der Waals surface area contributed by atoms with Crippen molar-refractivity contribution in [2.24, 2.45) is 0 Å². The van der Waals surface area contributed by atoms with Gasteiger partial charge in [-0.3, -0.25) is 4.79 Å². The van der Waals surface area contributed by atoms with E-state index in [1.54, 1.807) is 6.08 Å². The van der Waals surface area contributed by atoms with E-state index in [1.807, 2.05) is 60.7 Å². The second-order valence-electron chi connectivity index (χ2n) is 8.37. The number of carbonyl (C=O) groups is 1. The third-order valence-corrected chi connectivity index (χ3v) is 5.71. The van der Waals surface area contributed by atoms with Crippen LogP contribution in [0.3, 0.4) is 0 Å². The van der Waals surface area contributed by atoms with Gasteiger partial charge in [0.1, 0.15) is 5.52 Å². The highest BCUT2D eigenvalue weighted by molar-refractivity contribution is 6.03. The lowest BCUT2D eigenvalue weighted by molar-refractivity contribution is -0.111. The molecule has 0 aliphatic heterocycles. The molecule has 1 aromatic heterocycles. The molecule has 5 aromatic rings. The number of benzene rings is 4. The van der Waals surface area contributed by atoms with Crippen molar-refractivity contribution in [1.82, 2.24) is 4.98 Å². The van der Waals surface area contributed by atoms with E-state index in [4.69, 9.17) is 4.42 Å². The van der Waals surface area contributed by atoms with Crippen LogP contribution in [0.15, 0.2) is 95.4 Å². The van der Waals surface area contributed by atoms with Gasteiger partial charge in [-0.25, -0.2) is 4.98 Å². The van der Waals surface area contributed by atoms with Crippen molar-refractivity contribution >= 4 is 39.5 Å². The number of hydrogen-bond acceptors (Lipinski definition) is 3. The molecule has 33 heavy (non-hydrogen) atoms. The zero-order valence-electron chi connectivity index (χ0n) is 18.6. The minimum absolute atomic E-state index is 0.194. The Balaban J connectivity index is 1.35. The minimum atomic E-state index is -0.194. The maximum Gasteiger partial charge on any atom is 0.248 e. The van der Waals surface area contributed by atoms with E-state index in [9.17, 15) is 4.79 Å². The minimum Gasteiger partial charge on any atom is -0.436 e. The molecule has 4 nitrogen and oxygen atoms in total. The van der Waals surface area contributed by atoms with Gasteiger partial charge in [-0.2, -0.15) is 0 Å². The number of amides is 1. The Bertz CT molecular complexity index is 1470. The van der Waals surface area contributed by atoms with Crippen LogP contribution in [0, 0.1) is 0 Å². The van der Waals surface area contributed by atoms with Crippen LogP contribution >= 0.6 is 0 Å². The largest absolute Gasteiger partial charge is 0.436 e. The lowest BCUT2D eigenvalue weighted by atomic mass is 10.0. The van der Waals surface area contributed by atoms with Gasteiger partial charge in [0.05, 0.1) is 0 Å². The standard InChI is InChI=1S/C29H24N2O2/c1-19(2)21-13-10-20(11-14-21)12-17-28(32)30-23-15-16-27-26(18-23)31-29(33-27)25-9-5-7-22-6-3-4-8-24(22)25/h3-19H,1-2H3,(H,30,32). The molecule has 0 radical (unpaired) electrons. The number of hydrogen-bond donors (Lipinski definition) is 1. The first-order valence-electron chi connectivity index (χ1n) is 11.0. The molecule has 0 aliphatic carbocycles. The predicted octanol–water partition coefficient (Wildman–Crippen LogP) is 7.42. The third-order valence-electron chi connectivity index (χ3n) is 5.71. The van der Waals surface area contributed by atoms with Gasteiger partial charge in [0, 0.05) is 17.3 Å². The SMILES string of the molecule is CC(C)c1ccc(C=CC(=O)Nc2ccc3oc(-c4cccc5ccccc45)nc3c2)cc1. The molecular formula is C29H24N2O2. The second kappa shape index (κ2) is 8.75. The summed E-state index contributed by atoms with van der Waals surface area (Å²) in [4.78, 5) is 17.1. The molecular weight excluding hydrogens is 408 g/mol. The predicted molar refractivity (Wildman–Crippen MR) is 135 cm³/mol. The number of aromatic nitrogens is 1. The number of nitrogens with zero attached hydrogens (tertiary/aromatic N) is 1. The fourth-order valence-electron chi connectivity index (χ4n) is 3.88. The normalized spacial score (nSPS) is 11.6. The van der Waals surface area contributed by atoms with Crippen molar-refractivity contribution in [3.8, 4) is 11.5 Å². The van der Waals surface area contributed by atoms with Gasteiger partial charge in [0.2, 0.25) is 11.8 Å². The summed E-state index contributed by atoms with van der Waals surface area (Å²) in [6.07, 6.45) is 3.35. The van der Waals surface area contributed by atoms with Crippen molar-refractivity contribution in [3.63, 3.8) is 0 Å². The van der Waals surface area contributed by atoms with Crippen molar-refractivity contribution in [2.75, 3.05) is 5.32 Å². The van der Waals surface area contributed by atoms with Crippen molar-refractivity contribution < 1.29 is 9.21 Å². The fourth-order valence-corrected chi connectivity index (χ4v) is 3.88. The maximum atomic E-state index is 12.4. The van der Waals surface area contributed by atoms with E-state index in [1.165, 1.54) is 5.56 Å². The van der Waals surface area contributed by atoms with E-state index in [0.29, 0.717) is 28.6 Å². The van der Waals surface area contributed by atoms with Crippen LogP contribution < -0.4 is 5.32 Å². The van der Waals surface area contributed by atoms with Crippen LogP contribution in [-0.2, 0) is 4.79 Å². The van der Waals surface area contributed by atoms with Crippen LogP contribution in [0.5, 0.6) is 0 Å². The summed E-state index contributed by atoms with van der Waals surface area (Å²) < 4.78 is 6.02. The summed E-state index contributed by atoms with van der Waals surface area (Å²) in [5.41, 5.74) is 5.26. The second-order valence-corrected chi connectivity index (χ2v) is 8.37. The van der Waals surface area contributed by atoms with Gasteiger partial charge in [0.25, 0.3) is 0 Å². The quantitative estimate of drug-likeness (QED) is 0.294. The summed E-state index contributed by atoms with van der Waals surface area (Å²) >= 11 is 0. The lowest BCUT2D eigenvalue weighted by Gasteiger charge is -2.04. The highest BCUT2D eigenvalue weighted by atomic mass is 16.3. The fraction of sp³-hybridized carbons (Fsp3) is 0.103. The Kier molecular flexibility index (Phi) is 5.49. The molecule has 0 atom stereocenters. The Morgan fingerprint density at radius 1 is 0.939 bits per heavy atom. The first-order valence-corrected chi connectivity index (χ1v) is 11.0. The average molecular weight is 433 g/mol. The Hall–Kier alpha value is -4.18. The zero-order chi connectivity index (χ0) is 22.8. The highest BCUT2D eigenvalue weighted by Crippen LogP contribution is 2.31. The molecule has 162 valence electrons. The smallest absolute Gasteiger partial charge is 0.248 e. The summed E-state index contributed by atoms with van der Waals surface area (Å²) in [5, 5.41) is 5.13. The molecule has 0 unspecified atom stereocenters. The van der Waals surface area contributed by atoms with Gasteiger partial charge >= 0.3 is 0 Å².